The normalized spacial score (nSPS) is 26.1. The molecule has 7 heteroatoms. The Balaban J connectivity index is 2.28. The van der Waals surface area contributed by atoms with Crippen LogP contribution in [0.4, 0.5) is 4.79 Å². The number of carboxylic acids is 1. The summed E-state index contributed by atoms with van der Waals surface area (Å²) in [4.78, 5) is 21.6. The van der Waals surface area contributed by atoms with Crippen molar-refractivity contribution in [3.8, 4) is 0 Å². The maximum Gasteiger partial charge on any atom is 0.334 e. The highest BCUT2D eigenvalue weighted by Gasteiger charge is 2.31. The highest BCUT2D eigenvalue weighted by molar-refractivity contribution is 5.77. The van der Waals surface area contributed by atoms with Crippen LogP contribution in [0.3, 0.4) is 0 Å². The van der Waals surface area contributed by atoms with Crippen LogP contribution in [0.15, 0.2) is 0 Å². The minimum atomic E-state index is -1.58. The highest BCUT2D eigenvalue weighted by Crippen LogP contribution is 2.16. The van der Waals surface area contributed by atoms with E-state index in [2.05, 4.69) is 10.6 Å². The molecular formula is C9H16N2O5. The van der Waals surface area contributed by atoms with Crippen LogP contribution in [0, 0.1) is 0 Å². The van der Waals surface area contributed by atoms with Gasteiger partial charge in [0.05, 0.1) is 18.7 Å². The number of aliphatic hydroxyl groups excluding tert-OH is 1. The molecule has 1 rings (SSSR count). The smallest absolute Gasteiger partial charge is 0.334 e. The number of hydrogen-bond acceptors (Lipinski definition) is 4. The monoisotopic (exact) mass is 232 g/mol. The molecule has 1 fully saturated rings. The SMILES string of the molecule is CC1(NC(=O)NCC(O)C(=O)O)CCOC1. The van der Waals surface area contributed by atoms with E-state index in [1.54, 1.807) is 0 Å². The van der Waals surface area contributed by atoms with Crippen LogP contribution >= 0.6 is 0 Å². The molecule has 0 radical (unpaired) electrons. The van der Waals surface area contributed by atoms with Gasteiger partial charge in [0.25, 0.3) is 0 Å². The van der Waals surface area contributed by atoms with E-state index in [1.807, 2.05) is 6.92 Å². The average Bonchev–Trinajstić information content (AvgIpc) is 2.60. The van der Waals surface area contributed by atoms with Gasteiger partial charge in [0.2, 0.25) is 0 Å². The number of urea groups is 1. The standard InChI is InChI=1S/C9H16N2O5/c1-9(2-3-16-5-9)11-8(15)10-4-6(12)7(13)14/h6,12H,2-5H2,1H3,(H,13,14)(H2,10,11,15). The van der Waals surface area contributed by atoms with Gasteiger partial charge in [-0.2, -0.15) is 0 Å². The van der Waals surface area contributed by atoms with Gasteiger partial charge in [0.1, 0.15) is 0 Å². The third kappa shape index (κ3) is 3.67. The van der Waals surface area contributed by atoms with E-state index < -0.39 is 23.6 Å². The molecule has 2 unspecified atom stereocenters. The minimum absolute atomic E-state index is 0.321. The van der Waals surface area contributed by atoms with Gasteiger partial charge in [0, 0.05) is 6.61 Å². The predicted octanol–water partition coefficient (Wildman–Crippen LogP) is -1.09. The molecule has 0 bridgehead atoms. The summed E-state index contributed by atoms with van der Waals surface area (Å²) < 4.78 is 5.14. The molecule has 0 aromatic carbocycles. The fourth-order valence-electron chi connectivity index (χ4n) is 1.36. The number of ether oxygens (including phenoxy) is 1. The van der Waals surface area contributed by atoms with E-state index in [-0.39, 0.29) is 6.54 Å². The Morgan fingerprint density at radius 3 is 2.75 bits per heavy atom. The number of carboxylic acid groups (broad SMARTS) is 1. The second kappa shape index (κ2) is 5.13. The molecule has 16 heavy (non-hydrogen) atoms. The van der Waals surface area contributed by atoms with Crippen LogP contribution < -0.4 is 10.6 Å². The summed E-state index contributed by atoms with van der Waals surface area (Å²) in [7, 11) is 0. The lowest BCUT2D eigenvalue weighted by molar-refractivity contribution is -0.146. The number of aliphatic hydroxyl groups is 1. The van der Waals surface area contributed by atoms with Gasteiger partial charge < -0.3 is 25.6 Å². The van der Waals surface area contributed by atoms with Gasteiger partial charge >= 0.3 is 12.0 Å². The molecule has 1 saturated heterocycles. The lowest BCUT2D eigenvalue weighted by Gasteiger charge is -2.23. The third-order valence-electron chi connectivity index (χ3n) is 2.38. The minimum Gasteiger partial charge on any atom is -0.479 e. The first-order valence-electron chi connectivity index (χ1n) is 4.97. The topological polar surface area (TPSA) is 108 Å². The van der Waals surface area contributed by atoms with Gasteiger partial charge in [-0.1, -0.05) is 0 Å². The second-order valence-electron chi connectivity index (χ2n) is 4.05. The van der Waals surface area contributed by atoms with Crippen molar-refractivity contribution in [2.24, 2.45) is 0 Å². The molecule has 2 amide bonds. The summed E-state index contributed by atoms with van der Waals surface area (Å²) in [5.74, 6) is -1.37. The predicted molar refractivity (Wildman–Crippen MR) is 54.0 cm³/mol. The summed E-state index contributed by atoms with van der Waals surface area (Å²) in [6.07, 6.45) is -0.875. The molecule has 0 aromatic rings. The Morgan fingerprint density at radius 1 is 1.56 bits per heavy atom. The summed E-state index contributed by atoms with van der Waals surface area (Å²) in [5, 5.41) is 22.3. The summed E-state index contributed by atoms with van der Waals surface area (Å²) in [5.41, 5.74) is -0.418. The Labute approximate surface area is 92.8 Å². The number of carbonyl (C=O) groups excluding carboxylic acids is 1. The highest BCUT2D eigenvalue weighted by atomic mass is 16.5. The molecule has 1 aliphatic rings. The summed E-state index contributed by atoms with van der Waals surface area (Å²) in [6, 6.07) is -0.506. The van der Waals surface area contributed by atoms with Crippen molar-refractivity contribution in [2.75, 3.05) is 19.8 Å². The van der Waals surface area contributed by atoms with Crippen molar-refractivity contribution in [2.45, 2.75) is 25.0 Å². The van der Waals surface area contributed by atoms with Crippen molar-refractivity contribution in [3.05, 3.63) is 0 Å². The van der Waals surface area contributed by atoms with Gasteiger partial charge in [-0.3, -0.25) is 0 Å². The number of aliphatic carboxylic acids is 1. The second-order valence-corrected chi connectivity index (χ2v) is 4.05. The number of hydrogen-bond donors (Lipinski definition) is 4. The first kappa shape index (κ1) is 12.7. The van der Waals surface area contributed by atoms with E-state index in [4.69, 9.17) is 14.9 Å². The molecule has 0 saturated carbocycles. The van der Waals surface area contributed by atoms with Gasteiger partial charge in [-0.15, -0.1) is 0 Å². The fourth-order valence-corrected chi connectivity index (χ4v) is 1.36. The Hall–Kier alpha value is -1.34. The quantitative estimate of drug-likeness (QED) is 0.492. The molecule has 1 aliphatic heterocycles. The van der Waals surface area contributed by atoms with Gasteiger partial charge in [-0.05, 0) is 13.3 Å². The van der Waals surface area contributed by atoms with Crippen molar-refractivity contribution in [1.82, 2.24) is 10.6 Å². The molecule has 0 aromatic heterocycles. The zero-order valence-electron chi connectivity index (χ0n) is 9.02. The largest absolute Gasteiger partial charge is 0.479 e. The van der Waals surface area contributed by atoms with Crippen LogP contribution in [-0.2, 0) is 9.53 Å². The molecule has 0 spiro atoms. The molecular weight excluding hydrogens is 216 g/mol. The summed E-state index contributed by atoms with van der Waals surface area (Å²) in [6.45, 7) is 2.54. The Morgan fingerprint density at radius 2 is 2.25 bits per heavy atom. The molecule has 0 aliphatic carbocycles. The number of amides is 2. The lowest BCUT2D eigenvalue weighted by Crippen LogP contribution is -2.52. The van der Waals surface area contributed by atoms with E-state index >= 15 is 0 Å². The van der Waals surface area contributed by atoms with Crippen molar-refractivity contribution < 1.29 is 24.5 Å². The Kier molecular flexibility index (Phi) is 4.08. The molecule has 1 heterocycles. The van der Waals surface area contributed by atoms with Crippen LogP contribution in [0.2, 0.25) is 0 Å². The van der Waals surface area contributed by atoms with Crippen LogP contribution in [0.1, 0.15) is 13.3 Å². The molecule has 4 N–H and O–H groups in total. The first-order valence-corrected chi connectivity index (χ1v) is 4.97. The average molecular weight is 232 g/mol. The van der Waals surface area contributed by atoms with Crippen molar-refractivity contribution in [3.63, 3.8) is 0 Å². The molecule has 2 atom stereocenters. The number of carbonyl (C=O) groups is 2. The molecule has 7 nitrogen and oxygen atoms in total. The Bertz CT molecular complexity index is 275. The molecule has 92 valence electrons. The van der Waals surface area contributed by atoms with Crippen molar-refractivity contribution >= 4 is 12.0 Å². The van der Waals surface area contributed by atoms with Crippen LogP contribution in [-0.4, -0.2) is 53.6 Å². The van der Waals surface area contributed by atoms with Gasteiger partial charge in [0.15, 0.2) is 6.10 Å². The summed E-state index contributed by atoms with van der Waals surface area (Å²) >= 11 is 0. The van der Waals surface area contributed by atoms with E-state index in [0.29, 0.717) is 19.6 Å². The van der Waals surface area contributed by atoms with E-state index in [0.717, 1.165) is 0 Å². The number of nitrogens with one attached hydrogen (secondary N) is 2. The van der Waals surface area contributed by atoms with E-state index in [1.165, 1.54) is 0 Å². The van der Waals surface area contributed by atoms with Gasteiger partial charge in [-0.25, -0.2) is 9.59 Å². The number of rotatable bonds is 4. The van der Waals surface area contributed by atoms with Crippen LogP contribution in [0.5, 0.6) is 0 Å². The van der Waals surface area contributed by atoms with E-state index in [9.17, 15) is 9.59 Å². The maximum absolute atomic E-state index is 11.3. The van der Waals surface area contributed by atoms with Crippen molar-refractivity contribution in [1.29, 1.82) is 0 Å². The maximum atomic E-state index is 11.3. The van der Waals surface area contributed by atoms with Crippen LogP contribution in [0.25, 0.3) is 0 Å². The third-order valence-corrected chi connectivity index (χ3v) is 2.38. The fraction of sp³-hybridized carbons (Fsp3) is 0.778. The zero-order valence-corrected chi connectivity index (χ0v) is 9.02. The lowest BCUT2D eigenvalue weighted by atomic mass is 10.0. The first-order chi connectivity index (χ1) is 7.43. The zero-order chi connectivity index (χ0) is 12.2.